The van der Waals surface area contributed by atoms with Crippen molar-refractivity contribution in [1.29, 1.82) is 0 Å². The molecule has 0 aliphatic rings. The van der Waals surface area contributed by atoms with Gasteiger partial charge in [0.05, 0.1) is 13.2 Å². The lowest BCUT2D eigenvalue weighted by molar-refractivity contribution is 0.238. The maximum atomic E-state index is 9.34. The van der Waals surface area contributed by atoms with Crippen molar-refractivity contribution < 1.29 is 14.6 Å². The number of hydrogen-bond acceptors (Lipinski definition) is 4. The Morgan fingerprint density at radius 2 is 1.81 bits per heavy atom. The smallest absolute Gasteiger partial charge is 0.162 e. The van der Waals surface area contributed by atoms with Gasteiger partial charge in [-0.15, -0.1) is 0 Å². The van der Waals surface area contributed by atoms with Gasteiger partial charge >= 0.3 is 0 Å². The standard InChI is InChI=1S/C21H28BrNO3/c1-4-18(13-24)23-12-17-10-20(25-5-2)21(11-19(17)22)26-14-16-9-7-6-8-15(16)3/h6-11,18,23-24H,4-5,12-14H2,1-3H3. The first-order valence-corrected chi connectivity index (χ1v) is 9.85. The molecule has 0 saturated carbocycles. The Hall–Kier alpha value is -1.56. The lowest BCUT2D eigenvalue weighted by atomic mass is 10.1. The van der Waals surface area contributed by atoms with Gasteiger partial charge in [-0.05, 0) is 49.1 Å². The highest BCUT2D eigenvalue weighted by Gasteiger charge is 2.13. The number of aliphatic hydroxyl groups is 1. The molecular formula is C21H28BrNO3. The van der Waals surface area contributed by atoms with Crippen LogP contribution in [-0.2, 0) is 13.2 Å². The molecule has 4 nitrogen and oxygen atoms in total. The maximum Gasteiger partial charge on any atom is 0.162 e. The van der Waals surface area contributed by atoms with Gasteiger partial charge in [0.15, 0.2) is 11.5 Å². The Bertz CT molecular complexity index is 702. The number of halogens is 1. The van der Waals surface area contributed by atoms with E-state index in [1.165, 1.54) is 5.56 Å². The van der Waals surface area contributed by atoms with Gasteiger partial charge in [0.1, 0.15) is 6.61 Å². The van der Waals surface area contributed by atoms with Gasteiger partial charge in [-0.3, -0.25) is 0 Å². The molecule has 2 aromatic carbocycles. The minimum Gasteiger partial charge on any atom is -0.490 e. The Labute approximate surface area is 164 Å². The molecule has 0 saturated heterocycles. The van der Waals surface area contributed by atoms with Gasteiger partial charge in [-0.1, -0.05) is 47.1 Å². The van der Waals surface area contributed by atoms with Crippen molar-refractivity contribution in [3.8, 4) is 11.5 Å². The fraction of sp³-hybridized carbons (Fsp3) is 0.429. The zero-order chi connectivity index (χ0) is 18.9. The second-order valence-corrected chi connectivity index (χ2v) is 7.06. The third-order valence-corrected chi connectivity index (χ3v) is 5.09. The number of aliphatic hydroxyl groups excluding tert-OH is 1. The Morgan fingerprint density at radius 3 is 2.46 bits per heavy atom. The Balaban J connectivity index is 2.15. The van der Waals surface area contributed by atoms with E-state index in [-0.39, 0.29) is 12.6 Å². The first kappa shape index (κ1) is 20.7. The van der Waals surface area contributed by atoms with Crippen LogP contribution in [0.2, 0.25) is 0 Å². The third kappa shape index (κ3) is 5.73. The summed E-state index contributed by atoms with van der Waals surface area (Å²) >= 11 is 3.63. The molecule has 2 aromatic rings. The topological polar surface area (TPSA) is 50.7 Å². The summed E-state index contributed by atoms with van der Waals surface area (Å²) in [4.78, 5) is 0. The number of hydrogen-bond donors (Lipinski definition) is 2. The highest BCUT2D eigenvalue weighted by molar-refractivity contribution is 9.10. The van der Waals surface area contributed by atoms with E-state index < -0.39 is 0 Å². The fourth-order valence-corrected chi connectivity index (χ4v) is 3.08. The number of rotatable bonds is 10. The molecule has 0 heterocycles. The molecule has 2 rings (SSSR count). The van der Waals surface area contributed by atoms with Gasteiger partial charge in [0, 0.05) is 17.1 Å². The second kappa shape index (κ2) is 10.6. The van der Waals surface area contributed by atoms with E-state index in [0.717, 1.165) is 33.5 Å². The van der Waals surface area contributed by atoms with Crippen LogP contribution in [0.4, 0.5) is 0 Å². The molecule has 0 aliphatic heterocycles. The first-order chi connectivity index (χ1) is 12.6. The summed E-state index contributed by atoms with van der Waals surface area (Å²) in [5.41, 5.74) is 3.44. The molecule has 1 unspecified atom stereocenters. The molecular weight excluding hydrogens is 394 g/mol. The molecule has 0 aliphatic carbocycles. The van der Waals surface area contributed by atoms with Crippen LogP contribution >= 0.6 is 15.9 Å². The fourth-order valence-electron chi connectivity index (χ4n) is 2.61. The summed E-state index contributed by atoms with van der Waals surface area (Å²) in [5, 5.41) is 12.7. The Kier molecular flexibility index (Phi) is 8.42. The van der Waals surface area contributed by atoms with Gasteiger partial charge in [0.25, 0.3) is 0 Å². The molecule has 26 heavy (non-hydrogen) atoms. The summed E-state index contributed by atoms with van der Waals surface area (Å²) in [5.74, 6) is 1.46. The predicted molar refractivity (Wildman–Crippen MR) is 109 cm³/mol. The van der Waals surface area contributed by atoms with E-state index in [1.54, 1.807) is 0 Å². The molecule has 0 radical (unpaired) electrons. The zero-order valence-corrected chi connectivity index (χ0v) is 17.3. The van der Waals surface area contributed by atoms with Crippen molar-refractivity contribution >= 4 is 15.9 Å². The molecule has 0 fully saturated rings. The van der Waals surface area contributed by atoms with Crippen LogP contribution in [0.15, 0.2) is 40.9 Å². The van der Waals surface area contributed by atoms with E-state index in [0.29, 0.717) is 19.8 Å². The van der Waals surface area contributed by atoms with Crippen molar-refractivity contribution in [3.05, 3.63) is 57.6 Å². The quantitative estimate of drug-likeness (QED) is 0.588. The average Bonchev–Trinajstić information content (AvgIpc) is 2.64. The van der Waals surface area contributed by atoms with Crippen molar-refractivity contribution in [2.75, 3.05) is 13.2 Å². The first-order valence-electron chi connectivity index (χ1n) is 9.05. The molecule has 5 heteroatoms. The highest BCUT2D eigenvalue weighted by Crippen LogP contribution is 2.34. The average molecular weight is 422 g/mol. The van der Waals surface area contributed by atoms with Crippen LogP contribution in [0.1, 0.15) is 37.0 Å². The van der Waals surface area contributed by atoms with E-state index in [1.807, 2.05) is 31.2 Å². The largest absolute Gasteiger partial charge is 0.490 e. The van der Waals surface area contributed by atoms with E-state index in [9.17, 15) is 5.11 Å². The van der Waals surface area contributed by atoms with Crippen molar-refractivity contribution in [1.82, 2.24) is 5.32 Å². The van der Waals surface area contributed by atoms with Crippen LogP contribution in [-0.4, -0.2) is 24.4 Å². The summed E-state index contributed by atoms with van der Waals surface area (Å²) in [7, 11) is 0. The van der Waals surface area contributed by atoms with Crippen LogP contribution in [0.25, 0.3) is 0 Å². The second-order valence-electron chi connectivity index (χ2n) is 6.21. The molecule has 0 bridgehead atoms. The normalized spacial score (nSPS) is 12.0. The van der Waals surface area contributed by atoms with Crippen molar-refractivity contribution in [3.63, 3.8) is 0 Å². The summed E-state index contributed by atoms with van der Waals surface area (Å²) in [6, 6.07) is 12.2. The number of aryl methyl sites for hydroxylation is 1. The van der Waals surface area contributed by atoms with Crippen molar-refractivity contribution in [2.45, 2.75) is 46.4 Å². The predicted octanol–water partition coefficient (Wildman–Crippen LogP) is 4.60. The lowest BCUT2D eigenvalue weighted by Crippen LogP contribution is -2.31. The van der Waals surface area contributed by atoms with Crippen LogP contribution in [0.5, 0.6) is 11.5 Å². The summed E-state index contributed by atoms with van der Waals surface area (Å²) < 4.78 is 12.8. The number of ether oxygens (including phenoxy) is 2. The molecule has 142 valence electrons. The molecule has 0 amide bonds. The zero-order valence-electron chi connectivity index (χ0n) is 15.7. The van der Waals surface area contributed by atoms with E-state index >= 15 is 0 Å². The van der Waals surface area contributed by atoms with E-state index in [2.05, 4.69) is 47.2 Å². The third-order valence-electron chi connectivity index (χ3n) is 4.35. The van der Waals surface area contributed by atoms with Gasteiger partial charge < -0.3 is 19.9 Å². The van der Waals surface area contributed by atoms with Gasteiger partial charge in [0.2, 0.25) is 0 Å². The summed E-state index contributed by atoms with van der Waals surface area (Å²) in [6.45, 7) is 7.95. The van der Waals surface area contributed by atoms with Crippen LogP contribution in [0.3, 0.4) is 0 Å². The van der Waals surface area contributed by atoms with Gasteiger partial charge in [-0.2, -0.15) is 0 Å². The van der Waals surface area contributed by atoms with Crippen LogP contribution < -0.4 is 14.8 Å². The molecule has 0 spiro atoms. The van der Waals surface area contributed by atoms with Crippen molar-refractivity contribution in [2.24, 2.45) is 0 Å². The molecule has 2 N–H and O–H groups in total. The number of nitrogens with one attached hydrogen (secondary N) is 1. The minimum atomic E-state index is 0.0921. The number of benzene rings is 2. The highest BCUT2D eigenvalue weighted by atomic mass is 79.9. The maximum absolute atomic E-state index is 9.34. The lowest BCUT2D eigenvalue weighted by Gasteiger charge is -2.18. The molecule has 1 atom stereocenters. The SMILES string of the molecule is CCOc1cc(CNC(CC)CO)c(Br)cc1OCc1ccccc1C. The summed E-state index contributed by atoms with van der Waals surface area (Å²) in [6.07, 6.45) is 0.879. The van der Waals surface area contributed by atoms with E-state index in [4.69, 9.17) is 9.47 Å². The minimum absolute atomic E-state index is 0.0921. The van der Waals surface area contributed by atoms with Gasteiger partial charge in [-0.25, -0.2) is 0 Å². The monoisotopic (exact) mass is 421 g/mol. The molecule has 0 aromatic heterocycles. The Morgan fingerprint density at radius 1 is 1.08 bits per heavy atom. The van der Waals surface area contributed by atoms with Crippen LogP contribution in [0, 0.1) is 6.92 Å².